The normalized spacial score (nSPS) is 10.4. The van der Waals surface area contributed by atoms with E-state index in [1.807, 2.05) is 0 Å². The maximum absolute atomic E-state index is 13.4. The van der Waals surface area contributed by atoms with Crippen LogP contribution in [0.3, 0.4) is 0 Å². The lowest BCUT2D eigenvalue weighted by Gasteiger charge is -2.06. The van der Waals surface area contributed by atoms with Crippen LogP contribution in [0.15, 0.2) is 30.9 Å². The number of halogens is 2. The number of hydrogen-bond donors (Lipinski definition) is 1. The van der Waals surface area contributed by atoms with E-state index in [2.05, 4.69) is 15.4 Å². The van der Waals surface area contributed by atoms with E-state index in [9.17, 15) is 9.18 Å². The van der Waals surface area contributed by atoms with Crippen molar-refractivity contribution in [3.8, 4) is 0 Å². The van der Waals surface area contributed by atoms with Crippen LogP contribution in [0.5, 0.6) is 0 Å². The summed E-state index contributed by atoms with van der Waals surface area (Å²) in [4.78, 5) is 15.5. The highest BCUT2D eigenvalue weighted by atomic mass is 35.5. The Kier molecular flexibility index (Phi) is 4.46. The number of carbonyl (C=O) groups excluding carboxylic acids is 1. The molecule has 0 aliphatic rings. The van der Waals surface area contributed by atoms with Crippen molar-refractivity contribution >= 4 is 17.5 Å². The molecular formula is C12H12ClFN4O. The SMILES string of the molecule is O=C(NCCCn1cncn1)c1cc(Cl)ccc1F. The van der Waals surface area contributed by atoms with E-state index in [1.54, 1.807) is 11.0 Å². The summed E-state index contributed by atoms with van der Waals surface area (Å²) in [5, 5.41) is 6.89. The van der Waals surface area contributed by atoms with Gasteiger partial charge in [0.15, 0.2) is 0 Å². The van der Waals surface area contributed by atoms with Gasteiger partial charge < -0.3 is 5.32 Å². The number of aryl methyl sites for hydroxylation is 1. The second kappa shape index (κ2) is 6.29. The number of amides is 1. The Labute approximate surface area is 114 Å². The summed E-state index contributed by atoms with van der Waals surface area (Å²) in [6.07, 6.45) is 3.72. The Hall–Kier alpha value is -1.95. The number of benzene rings is 1. The smallest absolute Gasteiger partial charge is 0.254 e. The van der Waals surface area contributed by atoms with E-state index in [4.69, 9.17) is 11.6 Å². The molecule has 0 fully saturated rings. The number of carbonyl (C=O) groups is 1. The molecule has 1 N–H and O–H groups in total. The highest BCUT2D eigenvalue weighted by molar-refractivity contribution is 6.30. The molecule has 0 spiro atoms. The standard InChI is InChI=1S/C12H12ClFN4O/c13-9-2-3-11(14)10(6-9)12(19)16-4-1-5-18-8-15-7-17-18/h2-3,6-8H,1,4-5H2,(H,16,19). The Morgan fingerprint density at radius 3 is 3.05 bits per heavy atom. The molecule has 0 saturated heterocycles. The Morgan fingerprint density at radius 1 is 1.47 bits per heavy atom. The molecule has 1 aromatic heterocycles. The minimum atomic E-state index is -0.585. The Bertz CT molecular complexity index is 559. The molecule has 0 saturated carbocycles. The largest absolute Gasteiger partial charge is 0.352 e. The molecule has 0 atom stereocenters. The third-order valence-electron chi connectivity index (χ3n) is 2.49. The molecule has 1 aromatic carbocycles. The average molecular weight is 283 g/mol. The highest BCUT2D eigenvalue weighted by Gasteiger charge is 2.11. The molecule has 100 valence electrons. The summed E-state index contributed by atoms with van der Waals surface area (Å²) in [5.41, 5.74) is -0.0479. The van der Waals surface area contributed by atoms with Gasteiger partial charge in [-0.25, -0.2) is 9.37 Å². The number of aromatic nitrogens is 3. The molecule has 0 unspecified atom stereocenters. The molecule has 2 aromatic rings. The van der Waals surface area contributed by atoms with E-state index in [1.165, 1.54) is 24.5 Å². The highest BCUT2D eigenvalue weighted by Crippen LogP contribution is 2.14. The third kappa shape index (κ3) is 3.75. The molecule has 1 heterocycles. The van der Waals surface area contributed by atoms with Crippen molar-refractivity contribution in [3.63, 3.8) is 0 Å². The van der Waals surface area contributed by atoms with Crippen LogP contribution in [0.1, 0.15) is 16.8 Å². The molecule has 0 radical (unpaired) electrons. The van der Waals surface area contributed by atoms with Gasteiger partial charge in [-0.1, -0.05) is 11.6 Å². The average Bonchev–Trinajstić information content (AvgIpc) is 2.90. The topological polar surface area (TPSA) is 59.8 Å². The fourth-order valence-corrected chi connectivity index (χ4v) is 1.73. The van der Waals surface area contributed by atoms with Gasteiger partial charge in [-0.2, -0.15) is 5.10 Å². The summed E-state index contributed by atoms with van der Waals surface area (Å²) in [6, 6.07) is 3.88. The molecule has 0 aliphatic carbocycles. The van der Waals surface area contributed by atoms with Gasteiger partial charge in [0.25, 0.3) is 5.91 Å². The van der Waals surface area contributed by atoms with Crippen LogP contribution in [0.2, 0.25) is 5.02 Å². The van der Waals surface area contributed by atoms with Crippen LogP contribution >= 0.6 is 11.6 Å². The number of nitrogens with one attached hydrogen (secondary N) is 1. The van der Waals surface area contributed by atoms with Crippen LogP contribution in [-0.2, 0) is 6.54 Å². The van der Waals surface area contributed by atoms with Crippen LogP contribution in [0, 0.1) is 5.82 Å². The molecule has 7 heteroatoms. The quantitative estimate of drug-likeness (QED) is 0.852. The molecule has 19 heavy (non-hydrogen) atoms. The lowest BCUT2D eigenvalue weighted by molar-refractivity contribution is 0.0948. The first-order chi connectivity index (χ1) is 9.16. The Morgan fingerprint density at radius 2 is 2.32 bits per heavy atom. The zero-order valence-corrected chi connectivity index (χ0v) is 10.8. The van der Waals surface area contributed by atoms with Crippen LogP contribution in [0.4, 0.5) is 4.39 Å². The lowest BCUT2D eigenvalue weighted by atomic mass is 10.2. The first kappa shape index (κ1) is 13.5. The van der Waals surface area contributed by atoms with Crippen molar-refractivity contribution in [2.45, 2.75) is 13.0 Å². The van der Waals surface area contributed by atoms with Crippen LogP contribution in [-0.4, -0.2) is 27.2 Å². The predicted molar refractivity (Wildman–Crippen MR) is 68.4 cm³/mol. The second-order valence-electron chi connectivity index (χ2n) is 3.89. The first-order valence-electron chi connectivity index (χ1n) is 5.72. The van der Waals surface area contributed by atoms with Gasteiger partial charge in [0.2, 0.25) is 0 Å². The van der Waals surface area contributed by atoms with Gasteiger partial charge >= 0.3 is 0 Å². The van der Waals surface area contributed by atoms with Gasteiger partial charge in [0.1, 0.15) is 18.5 Å². The maximum Gasteiger partial charge on any atom is 0.254 e. The maximum atomic E-state index is 13.4. The minimum Gasteiger partial charge on any atom is -0.352 e. The zero-order valence-electron chi connectivity index (χ0n) is 10.0. The van der Waals surface area contributed by atoms with Gasteiger partial charge in [-0.05, 0) is 24.6 Å². The van der Waals surface area contributed by atoms with Crippen molar-refractivity contribution in [2.75, 3.05) is 6.54 Å². The number of nitrogens with zero attached hydrogens (tertiary/aromatic N) is 3. The third-order valence-corrected chi connectivity index (χ3v) is 2.72. The zero-order chi connectivity index (χ0) is 13.7. The summed E-state index contributed by atoms with van der Waals surface area (Å²) >= 11 is 5.72. The first-order valence-corrected chi connectivity index (χ1v) is 6.10. The molecular weight excluding hydrogens is 271 g/mol. The number of hydrogen-bond acceptors (Lipinski definition) is 3. The molecule has 5 nitrogen and oxygen atoms in total. The van der Waals surface area contributed by atoms with Crippen LogP contribution in [0.25, 0.3) is 0 Å². The van der Waals surface area contributed by atoms with E-state index in [0.717, 1.165) is 0 Å². The van der Waals surface area contributed by atoms with E-state index >= 15 is 0 Å². The summed E-state index contributed by atoms with van der Waals surface area (Å²) in [5.74, 6) is -1.06. The fraction of sp³-hybridized carbons (Fsp3) is 0.250. The predicted octanol–water partition coefficient (Wildman–Crippen LogP) is 1.89. The van der Waals surface area contributed by atoms with E-state index in [-0.39, 0.29) is 5.56 Å². The van der Waals surface area contributed by atoms with E-state index < -0.39 is 11.7 Å². The molecule has 2 rings (SSSR count). The van der Waals surface area contributed by atoms with Gasteiger partial charge in [0, 0.05) is 18.1 Å². The van der Waals surface area contributed by atoms with Gasteiger partial charge in [-0.3, -0.25) is 9.48 Å². The molecule has 0 aliphatic heterocycles. The Balaban J connectivity index is 1.82. The van der Waals surface area contributed by atoms with Crippen molar-refractivity contribution in [1.29, 1.82) is 0 Å². The minimum absolute atomic E-state index is 0.0479. The van der Waals surface area contributed by atoms with Crippen molar-refractivity contribution < 1.29 is 9.18 Å². The fourth-order valence-electron chi connectivity index (χ4n) is 1.56. The molecule has 1 amide bonds. The monoisotopic (exact) mass is 282 g/mol. The van der Waals surface area contributed by atoms with Crippen molar-refractivity contribution in [2.24, 2.45) is 0 Å². The lowest BCUT2D eigenvalue weighted by Crippen LogP contribution is -2.26. The second-order valence-corrected chi connectivity index (χ2v) is 4.33. The van der Waals surface area contributed by atoms with Crippen molar-refractivity contribution in [3.05, 3.63) is 47.3 Å². The summed E-state index contributed by atoms with van der Waals surface area (Å²) < 4.78 is 15.1. The summed E-state index contributed by atoms with van der Waals surface area (Å²) in [7, 11) is 0. The van der Waals surface area contributed by atoms with Crippen molar-refractivity contribution in [1.82, 2.24) is 20.1 Å². The van der Waals surface area contributed by atoms with E-state index in [0.29, 0.717) is 24.5 Å². The number of rotatable bonds is 5. The van der Waals surface area contributed by atoms with Gasteiger partial charge in [-0.15, -0.1) is 0 Å². The molecule has 0 bridgehead atoms. The van der Waals surface area contributed by atoms with Crippen LogP contribution < -0.4 is 5.32 Å². The summed E-state index contributed by atoms with van der Waals surface area (Å²) in [6.45, 7) is 1.06. The van der Waals surface area contributed by atoms with Gasteiger partial charge in [0.05, 0.1) is 5.56 Å².